The van der Waals surface area contributed by atoms with Crippen LogP contribution in [0, 0.1) is 0 Å². The first-order chi connectivity index (χ1) is 9.91. The molecular weight excluding hydrogens is 301 g/mol. The van der Waals surface area contributed by atoms with Crippen molar-refractivity contribution in [2.75, 3.05) is 46.9 Å². The molecule has 0 aromatic rings. The van der Waals surface area contributed by atoms with Crippen LogP contribution in [0.4, 0.5) is 18.0 Å². The van der Waals surface area contributed by atoms with Gasteiger partial charge in [0.15, 0.2) is 0 Å². The Labute approximate surface area is 130 Å². The lowest BCUT2D eigenvalue weighted by atomic mass is 10.2. The van der Waals surface area contributed by atoms with E-state index >= 15 is 0 Å². The summed E-state index contributed by atoms with van der Waals surface area (Å²) >= 11 is 0. The van der Waals surface area contributed by atoms with E-state index in [1.54, 1.807) is 27.8 Å². The minimum atomic E-state index is -4.28. The van der Waals surface area contributed by atoms with Crippen LogP contribution in [0.25, 0.3) is 0 Å². The van der Waals surface area contributed by atoms with Crippen LogP contribution in [-0.4, -0.2) is 74.6 Å². The van der Waals surface area contributed by atoms with E-state index in [-0.39, 0.29) is 6.61 Å². The van der Waals surface area contributed by atoms with Crippen molar-refractivity contribution < 1.29 is 27.4 Å². The standard InChI is InChI=1S/C14H27F3N2O3/c1-13(2,3)22-12(20)19(5)9-8-18(4)7-6-10-21-11-14(15,16)17/h6-11H2,1-5H3. The van der Waals surface area contributed by atoms with Gasteiger partial charge in [0.25, 0.3) is 0 Å². The number of nitrogens with zero attached hydrogens (tertiary/aromatic N) is 2. The highest BCUT2D eigenvalue weighted by Crippen LogP contribution is 2.14. The SMILES string of the molecule is CN(CCCOCC(F)(F)F)CCN(C)C(=O)OC(C)(C)C. The third-order valence-corrected chi connectivity index (χ3v) is 2.62. The highest BCUT2D eigenvalue weighted by atomic mass is 19.4. The Balaban J connectivity index is 3.76. The Kier molecular flexibility index (Phi) is 8.77. The molecule has 0 saturated carbocycles. The molecule has 0 spiro atoms. The Morgan fingerprint density at radius 2 is 1.64 bits per heavy atom. The Morgan fingerprint density at radius 3 is 2.14 bits per heavy atom. The second-order valence-electron chi connectivity index (χ2n) is 6.23. The summed E-state index contributed by atoms with van der Waals surface area (Å²) in [4.78, 5) is 15.1. The third-order valence-electron chi connectivity index (χ3n) is 2.62. The number of rotatable bonds is 8. The number of alkyl halides is 3. The topological polar surface area (TPSA) is 42.0 Å². The molecule has 0 fully saturated rings. The van der Waals surface area contributed by atoms with Gasteiger partial charge in [0, 0.05) is 33.3 Å². The first kappa shape index (κ1) is 21.0. The summed E-state index contributed by atoms with van der Waals surface area (Å²) < 4.78 is 45.3. The van der Waals surface area contributed by atoms with E-state index in [2.05, 4.69) is 4.74 Å². The molecule has 22 heavy (non-hydrogen) atoms. The van der Waals surface area contributed by atoms with Gasteiger partial charge < -0.3 is 19.3 Å². The van der Waals surface area contributed by atoms with E-state index < -0.39 is 24.5 Å². The van der Waals surface area contributed by atoms with Crippen molar-refractivity contribution in [1.82, 2.24) is 9.80 Å². The van der Waals surface area contributed by atoms with Gasteiger partial charge in [-0.05, 0) is 34.2 Å². The lowest BCUT2D eigenvalue weighted by Gasteiger charge is -2.26. The maximum Gasteiger partial charge on any atom is 0.411 e. The molecule has 0 saturated heterocycles. The Bertz CT molecular complexity index is 330. The van der Waals surface area contributed by atoms with Crippen LogP contribution < -0.4 is 0 Å². The molecule has 0 aliphatic carbocycles. The van der Waals surface area contributed by atoms with E-state index in [1.165, 1.54) is 4.90 Å². The molecule has 0 aromatic heterocycles. The van der Waals surface area contributed by atoms with Crippen LogP contribution in [0.5, 0.6) is 0 Å². The number of hydrogen-bond donors (Lipinski definition) is 0. The number of ether oxygens (including phenoxy) is 2. The van der Waals surface area contributed by atoms with Crippen LogP contribution in [-0.2, 0) is 9.47 Å². The largest absolute Gasteiger partial charge is 0.444 e. The maximum atomic E-state index is 11.9. The number of hydrogen-bond acceptors (Lipinski definition) is 4. The van der Waals surface area contributed by atoms with E-state index in [0.717, 1.165) is 0 Å². The predicted molar refractivity (Wildman–Crippen MR) is 77.9 cm³/mol. The van der Waals surface area contributed by atoms with Crippen LogP contribution in [0.3, 0.4) is 0 Å². The summed E-state index contributed by atoms with van der Waals surface area (Å²) in [6, 6.07) is 0. The highest BCUT2D eigenvalue weighted by molar-refractivity contribution is 5.67. The fourth-order valence-corrected chi connectivity index (χ4v) is 1.49. The lowest BCUT2D eigenvalue weighted by molar-refractivity contribution is -0.174. The van der Waals surface area contributed by atoms with Crippen molar-refractivity contribution in [3.05, 3.63) is 0 Å². The van der Waals surface area contributed by atoms with Crippen molar-refractivity contribution in [3.63, 3.8) is 0 Å². The molecule has 0 radical (unpaired) electrons. The molecular formula is C14H27F3N2O3. The van der Waals surface area contributed by atoms with Crippen molar-refractivity contribution in [2.24, 2.45) is 0 Å². The molecule has 0 aliphatic rings. The number of amides is 1. The molecule has 8 heteroatoms. The second kappa shape index (κ2) is 9.19. The first-order valence-corrected chi connectivity index (χ1v) is 7.18. The van der Waals surface area contributed by atoms with Gasteiger partial charge in [-0.15, -0.1) is 0 Å². The fourth-order valence-electron chi connectivity index (χ4n) is 1.49. The van der Waals surface area contributed by atoms with Crippen molar-refractivity contribution in [1.29, 1.82) is 0 Å². The summed E-state index contributed by atoms with van der Waals surface area (Å²) in [7, 11) is 3.49. The minimum absolute atomic E-state index is 0.0613. The van der Waals surface area contributed by atoms with E-state index in [9.17, 15) is 18.0 Å². The normalized spacial score (nSPS) is 12.6. The Morgan fingerprint density at radius 1 is 1.05 bits per heavy atom. The summed E-state index contributed by atoms with van der Waals surface area (Å²) in [6.07, 6.45) is -4.17. The molecule has 0 bridgehead atoms. The van der Waals surface area contributed by atoms with Gasteiger partial charge in [-0.1, -0.05) is 0 Å². The zero-order valence-corrected chi connectivity index (χ0v) is 14.0. The van der Waals surface area contributed by atoms with Crippen LogP contribution in [0.2, 0.25) is 0 Å². The highest BCUT2D eigenvalue weighted by Gasteiger charge is 2.27. The predicted octanol–water partition coefficient (Wildman–Crippen LogP) is 2.75. The quantitative estimate of drug-likeness (QED) is 0.643. The van der Waals surface area contributed by atoms with Crippen molar-refractivity contribution in [3.8, 4) is 0 Å². The molecule has 0 aromatic carbocycles. The first-order valence-electron chi connectivity index (χ1n) is 7.18. The van der Waals surface area contributed by atoms with E-state index in [1.807, 2.05) is 11.9 Å². The van der Waals surface area contributed by atoms with Crippen LogP contribution >= 0.6 is 0 Å². The summed E-state index contributed by atoms with van der Waals surface area (Å²) in [5.74, 6) is 0. The number of halogens is 3. The zero-order chi connectivity index (χ0) is 17.4. The van der Waals surface area contributed by atoms with Gasteiger partial charge in [-0.3, -0.25) is 0 Å². The summed E-state index contributed by atoms with van der Waals surface area (Å²) in [5.41, 5.74) is -0.535. The minimum Gasteiger partial charge on any atom is -0.444 e. The number of carbonyl (C=O) groups is 1. The van der Waals surface area contributed by atoms with Gasteiger partial charge >= 0.3 is 12.3 Å². The van der Waals surface area contributed by atoms with Gasteiger partial charge in [0.05, 0.1) is 0 Å². The molecule has 0 rings (SSSR count). The van der Waals surface area contributed by atoms with E-state index in [0.29, 0.717) is 26.1 Å². The van der Waals surface area contributed by atoms with Crippen LogP contribution in [0.15, 0.2) is 0 Å². The molecule has 0 unspecified atom stereocenters. The van der Waals surface area contributed by atoms with Crippen LogP contribution in [0.1, 0.15) is 27.2 Å². The molecule has 0 aliphatic heterocycles. The summed E-state index contributed by atoms with van der Waals surface area (Å²) in [5, 5.41) is 0. The van der Waals surface area contributed by atoms with Gasteiger partial charge in [-0.25, -0.2) is 4.79 Å². The molecule has 0 heterocycles. The monoisotopic (exact) mass is 328 g/mol. The smallest absolute Gasteiger partial charge is 0.411 e. The zero-order valence-electron chi connectivity index (χ0n) is 14.0. The lowest BCUT2D eigenvalue weighted by Crippen LogP contribution is -2.38. The Hall–Kier alpha value is -1.02. The molecule has 5 nitrogen and oxygen atoms in total. The van der Waals surface area contributed by atoms with Gasteiger partial charge in [0.1, 0.15) is 12.2 Å². The second-order valence-corrected chi connectivity index (χ2v) is 6.23. The van der Waals surface area contributed by atoms with Gasteiger partial charge in [0.2, 0.25) is 0 Å². The van der Waals surface area contributed by atoms with Crippen molar-refractivity contribution >= 4 is 6.09 Å². The van der Waals surface area contributed by atoms with E-state index in [4.69, 9.17) is 4.74 Å². The average molecular weight is 328 g/mol. The fraction of sp³-hybridized carbons (Fsp3) is 0.929. The van der Waals surface area contributed by atoms with Gasteiger partial charge in [-0.2, -0.15) is 13.2 Å². The third kappa shape index (κ3) is 12.7. The maximum absolute atomic E-state index is 11.9. The average Bonchev–Trinajstić information content (AvgIpc) is 2.31. The molecule has 132 valence electrons. The molecule has 0 N–H and O–H groups in total. The number of carbonyl (C=O) groups excluding carboxylic acids is 1. The summed E-state index contributed by atoms with van der Waals surface area (Å²) in [6.45, 7) is 5.93. The molecule has 0 atom stereocenters. The van der Waals surface area contributed by atoms with Crippen molar-refractivity contribution in [2.45, 2.75) is 39.0 Å². The number of likely N-dealkylation sites (N-methyl/N-ethyl adjacent to an activating group) is 2. The molecule has 1 amide bonds.